The standard InChI is InChI=1S/C19H26N4O4/c1-13(2)16(18(25)22-15(17(21)24)10-6-7-11-20)23-19(26)27-12-14-8-4-3-5-9-14/h3-5,8-9,13,15-16H,6-7,10,12H2,1-2H3,(H2,21,24)(H,22,25)(H,23,26)/t15-,16+/m0/s1. The highest BCUT2D eigenvalue weighted by molar-refractivity contribution is 5.90. The molecule has 1 aromatic rings. The van der Waals surface area contributed by atoms with Gasteiger partial charge in [-0.25, -0.2) is 4.79 Å². The van der Waals surface area contributed by atoms with Crippen molar-refractivity contribution in [2.45, 2.75) is 51.8 Å². The second kappa shape index (κ2) is 11.5. The van der Waals surface area contributed by atoms with E-state index in [0.29, 0.717) is 6.42 Å². The Morgan fingerprint density at radius 2 is 1.85 bits per heavy atom. The van der Waals surface area contributed by atoms with Crippen LogP contribution in [0.25, 0.3) is 0 Å². The summed E-state index contributed by atoms with van der Waals surface area (Å²) >= 11 is 0. The molecule has 8 heteroatoms. The lowest BCUT2D eigenvalue weighted by Crippen LogP contribution is -2.54. The Morgan fingerprint density at radius 1 is 1.19 bits per heavy atom. The molecule has 2 atom stereocenters. The molecule has 0 heterocycles. The summed E-state index contributed by atoms with van der Waals surface area (Å²) in [5.74, 6) is -1.44. The van der Waals surface area contributed by atoms with Gasteiger partial charge in [0.1, 0.15) is 18.7 Å². The average Bonchev–Trinajstić information content (AvgIpc) is 2.64. The van der Waals surface area contributed by atoms with Crippen LogP contribution in [-0.4, -0.2) is 30.0 Å². The number of hydrogen-bond donors (Lipinski definition) is 3. The van der Waals surface area contributed by atoms with E-state index in [1.807, 2.05) is 36.4 Å². The van der Waals surface area contributed by atoms with Crippen LogP contribution < -0.4 is 16.4 Å². The van der Waals surface area contributed by atoms with Crippen molar-refractivity contribution in [3.05, 3.63) is 35.9 Å². The smallest absolute Gasteiger partial charge is 0.408 e. The van der Waals surface area contributed by atoms with Gasteiger partial charge in [0.05, 0.1) is 6.07 Å². The van der Waals surface area contributed by atoms with Crippen LogP contribution in [0.5, 0.6) is 0 Å². The number of carbonyl (C=O) groups excluding carboxylic acids is 3. The summed E-state index contributed by atoms with van der Waals surface area (Å²) in [5.41, 5.74) is 6.13. The number of nitriles is 1. The first-order valence-corrected chi connectivity index (χ1v) is 8.79. The molecule has 0 aliphatic carbocycles. The molecule has 0 saturated carbocycles. The zero-order valence-electron chi connectivity index (χ0n) is 15.6. The van der Waals surface area contributed by atoms with E-state index in [1.54, 1.807) is 13.8 Å². The molecular formula is C19H26N4O4. The Morgan fingerprint density at radius 3 is 2.41 bits per heavy atom. The maximum absolute atomic E-state index is 12.5. The molecule has 3 amide bonds. The number of nitrogens with zero attached hydrogens (tertiary/aromatic N) is 1. The van der Waals surface area contributed by atoms with E-state index >= 15 is 0 Å². The Labute approximate surface area is 159 Å². The maximum Gasteiger partial charge on any atom is 0.408 e. The molecule has 0 unspecified atom stereocenters. The largest absolute Gasteiger partial charge is 0.445 e. The van der Waals surface area contributed by atoms with Crippen molar-refractivity contribution in [3.63, 3.8) is 0 Å². The fraction of sp³-hybridized carbons (Fsp3) is 0.474. The monoisotopic (exact) mass is 374 g/mol. The van der Waals surface area contributed by atoms with Gasteiger partial charge in [-0.2, -0.15) is 5.26 Å². The van der Waals surface area contributed by atoms with Crippen LogP contribution in [0.2, 0.25) is 0 Å². The predicted octanol–water partition coefficient (Wildman–Crippen LogP) is 1.60. The molecule has 0 bridgehead atoms. The molecule has 0 saturated heterocycles. The molecule has 0 radical (unpaired) electrons. The number of unbranched alkanes of at least 4 members (excludes halogenated alkanes) is 1. The second-order valence-corrected chi connectivity index (χ2v) is 6.44. The van der Waals surface area contributed by atoms with E-state index in [0.717, 1.165) is 5.56 Å². The van der Waals surface area contributed by atoms with Gasteiger partial charge in [-0.05, 0) is 24.3 Å². The Balaban J connectivity index is 2.61. The minimum absolute atomic E-state index is 0.0805. The number of nitrogens with two attached hydrogens (primary N) is 1. The lowest BCUT2D eigenvalue weighted by atomic mass is 10.0. The fourth-order valence-electron chi connectivity index (χ4n) is 2.36. The van der Waals surface area contributed by atoms with E-state index in [-0.39, 0.29) is 25.4 Å². The molecular weight excluding hydrogens is 348 g/mol. The van der Waals surface area contributed by atoms with E-state index in [4.69, 9.17) is 15.7 Å². The van der Waals surface area contributed by atoms with Crippen LogP contribution in [0.3, 0.4) is 0 Å². The lowest BCUT2D eigenvalue weighted by molar-refractivity contribution is -0.129. The number of nitrogens with one attached hydrogen (secondary N) is 2. The normalized spacial score (nSPS) is 12.5. The Kier molecular flexibility index (Phi) is 9.37. The zero-order valence-corrected chi connectivity index (χ0v) is 15.6. The molecule has 1 aromatic carbocycles. The molecule has 4 N–H and O–H groups in total. The quantitative estimate of drug-likeness (QED) is 0.535. The highest BCUT2D eigenvalue weighted by Gasteiger charge is 2.28. The van der Waals surface area contributed by atoms with E-state index < -0.39 is 30.0 Å². The summed E-state index contributed by atoms with van der Waals surface area (Å²) in [6.45, 7) is 3.60. The lowest BCUT2D eigenvalue weighted by Gasteiger charge is -2.24. The number of amides is 3. The highest BCUT2D eigenvalue weighted by atomic mass is 16.5. The van der Waals surface area contributed by atoms with Crippen LogP contribution in [0.1, 0.15) is 38.7 Å². The molecule has 0 aromatic heterocycles. The van der Waals surface area contributed by atoms with Crippen molar-refractivity contribution in [2.75, 3.05) is 0 Å². The van der Waals surface area contributed by atoms with Gasteiger partial charge in [0, 0.05) is 6.42 Å². The van der Waals surface area contributed by atoms with Crippen LogP contribution in [0.4, 0.5) is 4.79 Å². The number of primary amides is 1. The highest BCUT2D eigenvalue weighted by Crippen LogP contribution is 2.07. The van der Waals surface area contributed by atoms with E-state index in [1.165, 1.54) is 0 Å². The topological polar surface area (TPSA) is 134 Å². The molecule has 0 aliphatic rings. The van der Waals surface area contributed by atoms with E-state index in [9.17, 15) is 14.4 Å². The van der Waals surface area contributed by atoms with Crippen molar-refractivity contribution < 1.29 is 19.1 Å². The van der Waals surface area contributed by atoms with Gasteiger partial charge in [0.2, 0.25) is 11.8 Å². The first kappa shape index (κ1) is 22.0. The van der Waals surface area contributed by atoms with Gasteiger partial charge in [-0.3, -0.25) is 9.59 Å². The van der Waals surface area contributed by atoms with Gasteiger partial charge >= 0.3 is 6.09 Å². The number of carbonyl (C=O) groups is 3. The van der Waals surface area contributed by atoms with Crippen LogP contribution in [0, 0.1) is 17.2 Å². The third kappa shape index (κ3) is 8.23. The minimum atomic E-state index is -0.894. The van der Waals surface area contributed by atoms with Crippen molar-refractivity contribution in [3.8, 4) is 6.07 Å². The van der Waals surface area contributed by atoms with Gasteiger partial charge in [-0.1, -0.05) is 44.2 Å². The summed E-state index contributed by atoms with van der Waals surface area (Å²) in [6, 6.07) is 9.35. The predicted molar refractivity (Wildman–Crippen MR) is 99.0 cm³/mol. The summed E-state index contributed by atoms with van der Waals surface area (Å²) in [5, 5.41) is 13.6. The number of ether oxygens (including phenoxy) is 1. The molecule has 8 nitrogen and oxygen atoms in total. The molecule has 1 rings (SSSR count). The van der Waals surface area contributed by atoms with Gasteiger partial charge in [-0.15, -0.1) is 0 Å². The zero-order chi connectivity index (χ0) is 20.2. The molecule has 27 heavy (non-hydrogen) atoms. The summed E-state index contributed by atoms with van der Waals surface area (Å²) in [6.07, 6.45) is 0.228. The van der Waals surface area contributed by atoms with Crippen LogP contribution in [0.15, 0.2) is 30.3 Å². The summed E-state index contributed by atoms with van der Waals surface area (Å²) < 4.78 is 5.13. The molecule has 0 spiro atoms. The van der Waals surface area contributed by atoms with Gasteiger partial charge in [0.25, 0.3) is 0 Å². The summed E-state index contributed by atoms with van der Waals surface area (Å²) in [7, 11) is 0. The molecule has 0 aliphatic heterocycles. The first-order valence-electron chi connectivity index (χ1n) is 8.79. The van der Waals surface area contributed by atoms with Crippen molar-refractivity contribution in [2.24, 2.45) is 11.7 Å². The van der Waals surface area contributed by atoms with E-state index in [2.05, 4.69) is 10.6 Å². The number of rotatable bonds is 10. The van der Waals surface area contributed by atoms with Crippen LogP contribution >= 0.6 is 0 Å². The number of hydrogen-bond acceptors (Lipinski definition) is 5. The van der Waals surface area contributed by atoms with Gasteiger partial charge in [0.15, 0.2) is 0 Å². The Bertz CT molecular complexity index is 670. The van der Waals surface area contributed by atoms with Crippen molar-refractivity contribution in [1.29, 1.82) is 5.26 Å². The summed E-state index contributed by atoms with van der Waals surface area (Å²) in [4.78, 5) is 36.0. The SMILES string of the molecule is CC(C)[C@@H](NC(=O)OCc1ccccc1)C(=O)N[C@@H](CCCC#N)C(N)=O. The minimum Gasteiger partial charge on any atom is -0.445 e. The molecule has 146 valence electrons. The average molecular weight is 374 g/mol. The van der Waals surface area contributed by atoms with Gasteiger partial charge < -0.3 is 21.1 Å². The number of alkyl carbamates (subject to hydrolysis) is 1. The second-order valence-electron chi connectivity index (χ2n) is 6.44. The van der Waals surface area contributed by atoms with Crippen molar-refractivity contribution >= 4 is 17.9 Å². The Hall–Kier alpha value is -3.08. The first-order chi connectivity index (χ1) is 12.8. The molecule has 0 fully saturated rings. The third-order valence-electron chi connectivity index (χ3n) is 3.88. The third-order valence-corrected chi connectivity index (χ3v) is 3.88. The maximum atomic E-state index is 12.5. The van der Waals surface area contributed by atoms with Crippen molar-refractivity contribution in [1.82, 2.24) is 10.6 Å². The number of benzene rings is 1. The van der Waals surface area contributed by atoms with Crippen LogP contribution in [-0.2, 0) is 20.9 Å². The fourth-order valence-corrected chi connectivity index (χ4v) is 2.36.